The lowest BCUT2D eigenvalue weighted by Crippen LogP contribution is -2.66. The van der Waals surface area contributed by atoms with Crippen LogP contribution >= 0.6 is 0 Å². The number of methoxy groups -OCH3 is 1. The number of rotatable bonds is 5. The third kappa shape index (κ3) is 4.11. The molecule has 2 aliphatic heterocycles. The number of phenols is 1. The Morgan fingerprint density at radius 1 is 1.44 bits per heavy atom. The summed E-state index contributed by atoms with van der Waals surface area (Å²) in [7, 11) is 1.49. The number of amides is 2. The molecular weight excluding hydrogens is 324 g/mol. The second kappa shape index (κ2) is 7.41. The number of phenolic OH excluding ortho intramolecular Hbond substituents is 1. The highest BCUT2D eigenvalue weighted by Crippen LogP contribution is 2.36. The van der Waals surface area contributed by atoms with E-state index in [0.29, 0.717) is 37.7 Å². The molecule has 3 rings (SSSR count). The Labute approximate surface area is 146 Å². The van der Waals surface area contributed by atoms with Gasteiger partial charge in [-0.15, -0.1) is 0 Å². The van der Waals surface area contributed by atoms with Gasteiger partial charge in [0.05, 0.1) is 19.7 Å². The zero-order valence-corrected chi connectivity index (χ0v) is 14.4. The van der Waals surface area contributed by atoms with Crippen LogP contribution in [0, 0.1) is 5.92 Å². The van der Waals surface area contributed by atoms with E-state index in [1.165, 1.54) is 13.2 Å². The molecule has 1 aromatic carbocycles. The predicted molar refractivity (Wildman–Crippen MR) is 90.3 cm³/mol. The number of carbonyl (C=O) groups excluding carboxylic acids is 2. The summed E-state index contributed by atoms with van der Waals surface area (Å²) < 4.78 is 10.8. The number of hydrogen-bond donors (Lipinski definition) is 2. The first-order valence-electron chi connectivity index (χ1n) is 8.49. The van der Waals surface area contributed by atoms with Gasteiger partial charge < -0.3 is 24.8 Å². The first-order valence-corrected chi connectivity index (χ1v) is 8.49. The second-order valence-electron chi connectivity index (χ2n) is 6.85. The van der Waals surface area contributed by atoms with Crippen molar-refractivity contribution >= 4 is 11.8 Å². The fourth-order valence-electron chi connectivity index (χ4n) is 3.38. The molecule has 2 fully saturated rings. The average molecular weight is 348 g/mol. The predicted octanol–water partition coefficient (Wildman–Crippen LogP) is 0.776. The largest absolute Gasteiger partial charge is 0.508 e. The molecule has 25 heavy (non-hydrogen) atoms. The fraction of sp³-hybridized carbons (Fsp3) is 0.556. The maximum Gasteiger partial charge on any atom is 0.254 e. The van der Waals surface area contributed by atoms with Gasteiger partial charge in [0.15, 0.2) is 0 Å². The van der Waals surface area contributed by atoms with Gasteiger partial charge in [-0.05, 0) is 37.0 Å². The molecule has 0 unspecified atom stereocenters. The Morgan fingerprint density at radius 2 is 2.24 bits per heavy atom. The Bertz CT molecular complexity index is 632. The normalized spacial score (nSPS) is 21.6. The van der Waals surface area contributed by atoms with Gasteiger partial charge in [-0.25, -0.2) is 0 Å². The van der Waals surface area contributed by atoms with Gasteiger partial charge in [-0.1, -0.05) is 6.07 Å². The van der Waals surface area contributed by atoms with Crippen LogP contribution in [0.2, 0.25) is 0 Å². The van der Waals surface area contributed by atoms with E-state index in [1.807, 2.05) is 0 Å². The van der Waals surface area contributed by atoms with E-state index >= 15 is 0 Å². The second-order valence-corrected chi connectivity index (χ2v) is 6.85. The number of benzene rings is 1. The molecule has 7 nitrogen and oxygen atoms in total. The van der Waals surface area contributed by atoms with Crippen LogP contribution in [-0.2, 0) is 14.3 Å². The Balaban J connectivity index is 1.44. The molecule has 1 aromatic rings. The average Bonchev–Trinajstić information content (AvgIpc) is 2.58. The maximum absolute atomic E-state index is 12.4. The number of aromatic hydroxyl groups is 1. The van der Waals surface area contributed by atoms with Crippen LogP contribution in [0.5, 0.6) is 5.75 Å². The molecule has 2 heterocycles. The zero-order chi connectivity index (χ0) is 17.9. The van der Waals surface area contributed by atoms with E-state index in [1.54, 1.807) is 23.1 Å². The number of carbonyl (C=O) groups is 2. The van der Waals surface area contributed by atoms with Crippen LogP contribution in [0.15, 0.2) is 24.3 Å². The first kappa shape index (κ1) is 17.7. The molecule has 2 aliphatic rings. The van der Waals surface area contributed by atoms with Crippen LogP contribution < -0.4 is 5.32 Å². The number of hydrogen-bond acceptors (Lipinski definition) is 5. The van der Waals surface area contributed by atoms with Crippen molar-refractivity contribution in [3.8, 4) is 5.75 Å². The van der Waals surface area contributed by atoms with E-state index < -0.39 is 0 Å². The number of ether oxygens (including phenoxy) is 2. The summed E-state index contributed by atoms with van der Waals surface area (Å²) >= 11 is 0. The minimum Gasteiger partial charge on any atom is -0.508 e. The van der Waals surface area contributed by atoms with Gasteiger partial charge in [0, 0.05) is 19.2 Å². The highest BCUT2D eigenvalue weighted by Gasteiger charge is 2.48. The quantitative estimate of drug-likeness (QED) is 0.821. The molecule has 0 saturated carbocycles. The highest BCUT2D eigenvalue weighted by atomic mass is 16.5. The lowest BCUT2D eigenvalue weighted by molar-refractivity contribution is -0.166. The van der Waals surface area contributed by atoms with Crippen molar-refractivity contribution in [1.29, 1.82) is 0 Å². The Kier molecular flexibility index (Phi) is 5.24. The minimum absolute atomic E-state index is 0.0730. The van der Waals surface area contributed by atoms with Crippen molar-refractivity contribution < 1.29 is 24.2 Å². The number of likely N-dealkylation sites (tertiary alicyclic amines) is 1. The molecule has 0 aromatic heterocycles. The SMILES string of the molecule is COCC(=O)NC[C@H]1CCC2(CN(C(=O)c3cccc(O)c3)C2)OC1. The highest BCUT2D eigenvalue weighted by molar-refractivity contribution is 5.95. The molecular formula is C18H24N2O5. The molecule has 0 aliphatic carbocycles. The van der Waals surface area contributed by atoms with Gasteiger partial charge in [0.25, 0.3) is 5.91 Å². The van der Waals surface area contributed by atoms with Crippen molar-refractivity contribution in [2.75, 3.05) is 40.0 Å². The lowest BCUT2D eigenvalue weighted by atomic mass is 9.82. The molecule has 0 bridgehead atoms. The van der Waals surface area contributed by atoms with Crippen molar-refractivity contribution in [3.63, 3.8) is 0 Å². The molecule has 136 valence electrons. The first-order chi connectivity index (χ1) is 12.0. The summed E-state index contributed by atoms with van der Waals surface area (Å²) in [5.74, 6) is 0.184. The summed E-state index contributed by atoms with van der Waals surface area (Å²) in [6.45, 7) is 2.39. The molecule has 0 radical (unpaired) electrons. The van der Waals surface area contributed by atoms with Crippen molar-refractivity contribution in [2.24, 2.45) is 5.92 Å². The van der Waals surface area contributed by atoms with Crippen LogP contribution in [0.1, 0.15) is 23.2 Å². The molecule has 1 spiro atoms. The molecule has 2 saturated heterocycles. The molecule has 1 atom stereocenters. The van der Waals surface area contributed by atoms with E-state index in [2.05, 4.69) is 5.32 Å². The van der Waals surface area contributed by atoms with Crippen molar-refractivity contribution in [1.82, 2.24) is 10.2 Å². The summed E-state index contributed by atoms with van der Waals surface area (Å²) in [6.07, 6.45) is 1.84. The van der Waals surface area contributed by atoms with Crippen LogP contribution in [0.4, 0.5) is 0 Å². The number of nitrogens with one attached hydrogen (secondary N) is 1. The lowest BCUT2D eigenvalue weighted by Gasteiger charge is -2.52. The third-order valence-corrected chi connectivity index (χ3v) is 4.84. The van der Waals surface area contributed by atoms with Gasteiger partial charge >= 0.3 is 0 Å². The van der Waals surface area contributed by atoms with E-state index in [-0.39, 0.29) is 29.8 Å². The summed E-state index contributed by atoms with van der Waals surface area (Å²) in [4.78, 5) is 25.6. The van der Waals surface area contributed by atoms with E-state index in [9.17, 15) is 14.7 Å². The van der Waals surface area contributed by atoms with Crippen LogP contribution in [0.25, 0.3) is 0 Å². The molecule has 7 heteroatoms. The summed E-state index contributed by atoms with van der Waals surface area (Å²) in [6, 6.07) is 6.39. The Morgan fingerprint density at radius 3 is 2.88 bits per heavy atom. The van der Waals surface area contributed by atoms with Crippen LogP contribution in [0.3, 0.4) is 0 Å². The zero-order valence-electron chi connectivity index (χ0n) is 14.4. The van der Waals surface area contributed by atoms with Crippen LogP contribution in [-0.4, -0.2) is 67.4 Å². The van der Waals surface area contributed by atoms with Gasteiger partial charge in [-0.2, -0.15) is 0 Å². The fourth-order valence-corrected chi connectivity index (χ4v) is 3.38. The Hall–Kier alpha value is -2.12. The summed E-state index contributed by atoms with van der Waals surface area (Å²) in [5.41, 5.74) is 0.240. The molecule has 2 amide bonds. The molecule has 2 N–H and O–H groups in total. The smallest absolute Gasteiger partial charge is 0.254 e. The third-order valence-electron chi connectivity index (χ3n) is 4.84. The summed E-state index contributed by atoms with van der Waals surface area (Å²) in [5, 5.41) is 12.3. The topological polar surface area (TPSA) is 88.1 Å². The monoisotopic (exact) mass is 348 g/mol. The maximum atomic E-state index is 12.4. The minimum atomic E-state index is -0.250. The van der Waals surface area contributed by atoms with Crippen molar-refractivity contribution in [3.05, 3.63) is 29.8 Å². The van der Waals surface area contributed by atoms with E-state index in [4.69, 9.17) is 9.47 Å². The van der Waals surface area contributed by atoms with Gasteiger partial charge in [0.2, 0.25) is 5.91 Å². The number of nitrogens with zero attached hydrogens (tertiary/aromatic N) is 1. The van der Waals surface area contributed by atoms with Gasteiger partial charge in [0.1, 0.15) is 18.0 Å². The standard InChI is InChI=1S/C18H24N2O5/c1-24-10-16(22)19-8-13-5-6-18(25-9-13)11-20(12-18)17(23)14-3-2-4-15(21)7-14/h2-4,7,13,21H,5-6,8-12H2,1H3,(H,19,22)/t13-/m1/s1. The van der Waals surface area contributed by atoms with Gasteiger partial charge in [-0.3, -0.25) is 9.59 Å². The van der Waals surface area contributed by atoms with E-state index in [0.717, 1.165) is 12.8 Å². The van der Waals surface area contributed by atoms with Crippen molar-refractivity contribution in [2.45, 2.75) is 18.4 Å².